The van der Waals surface area contributed by atoms with E-state index in [-0.39, 0.29) is 35.5 Å². The molecule has 4 nitrogen and oxygen atoms in total. The molecule has 1 aromatic rings. The Balaban J connectivity index is 1.71. The molecule has 1 fully saturated rings. The summed E-state index contributed by atoms with van der Waals surface area (Å²) in [5.74, 6) is -0.593. The maximum atomic E-state index is 13.9. The van der Waals surface area contributed by atoms with Gasteiger partial charge in [0.2, 0.25) is 5.91 Å². The van der Waals surface area contributed by atoms with Gasteiger partial charge in [-0.05, 0) is 31.4 Å². The van der Waals surface area contributed by atoms with Crippen molar-refractivity contribution in [1.82, 2.24) is 4.90 Å². The van der Waals surface area contributed by atoms with Crippen molar-refractivity contribution in [3.8, 4) is 6.07 Å². The smallest absolute Gasteiger partial charge is 0.222 e. The lowest BCUT2D eigenvalue weighted by Gasteiger charge is -2.38. The first-order valence-corrected chi connectivity index (χ1v) is 9.44. The fourth-order valence-electron chi connectivity index (χ4n) is 4.36. The van der Waals surface area contributed by atoms with Gasteiger partial charge in [-0.1, -0.05) is 37.6 Å². The van der Waals surface area contributed by atoms with Crippen LogP contribution in [0.2, 0.25) is 5.02 Å². The Morgan fingerprint density at radius 1 is 1.41 bits per heavy atom. The fourth-order valence-corrected chi connectivity index (χ4v) is 4.62. The molecular formula is C21H22ClFN2O2. The van der Waals surface area contributed by atoms with E-state index in [0.717, 1.165) is 6.42 Å². The number of nitriles is 1. The zero-order valence-electron chi connectivity index (χ0n) is 15.5. The van der Waals surface area contributed by atoms with E-state index in [4.69, 9.17) is 11.6 Å². The van der Waals surface area contributed by atoms with Crippen molar-refractivity contribution >= 4 is 23.3 Å². The highest BCUT2D eigenvalue weighted by Gasteiger charge is 2.48. The quantitative estimate of drug-likeness (QED) is 0.783. The van der Waals surface area contributed by atoms with Crippen LogP contribution in [-0.4, -0.2) is 29.7 Å². The van der Waals surface area contributed by atoms with Crippen LogP contribution in [0.4, 0.5) is 4.39 Å². The van der Waals surface area contributed by atoms with Crippen LogP contribution in [0.15, 0.2) is 29.8 Å². The number of rotatable bonds is 3. The predicted molar refractivity (Wildman–Crippen MR) is 100 cm³/mol. The number of halogens is 2. The SMILES string of the molecule is CC1(C)C[C@@]2(C=C(C#N)C1=O)CCN(C(=O)CCc1c(F)cccc1Cl)C2. The van der Waals surface area contributed by atoms with Crippen molar-refractivity contribution in [3.05, 3.63) is 46.3 Å². The molecule has 142 valence electrons. The number of nitrogens with zero attached hydrogens (tertiary/aromatic N) is 2. The third-order valence-corrected chi connectivity index (χ3v) is 5.97. The van der Waals surface area contributed by atoms with Gasteiger partial charge in [0, 0.05) is 40.9 Å². The second-order valence-electron chi connectivity index (χ2n) is 8.19. The number of likely N-dealkylation sites (tertiary alicyclic amines) is 1. The van der Waals surface area contributed by atoms with Crippen LogP contribution in [0.25, 0.3) is 0 Å². The van der Waals surface area contributed by atoms with Gasteiger partial charge in [-0.3, -0.25) is 9.59 Å². The summed E-state index contributed by atoms with van der Waals surface area (Å²) in [5.41, 5.74) is -0.399. The van der Waals surface area contributed by atoms with E-state index < -0.39 is 11.2 Å². The molecule has 0 bridgehead atoms. The molecular weight excluding hydrogens is 367 g/mol. The second-order valence-corrected chi connectivity index (χ2v) is 8.59. The Morgan fingerprint density at radius 2 is 2.15 bits per heavy atom. The molecule has 6 heteroatoms. The van der Waals surface area contributed by atoms with Gasteiger partial charge in [-0.15, -0.1) is 0 Å². The van der Waals surface area contributed by atoms with Crippen LogP contribution < -0.4 is 0 Å². The number of Topliss-reactive ketones (excluding diaryl/α,β-unsaturated/α-hetero) is 1. The van der Waals surface area contributed by atoms with Gasteiger partial charge in [-0.2, -0.15) is 5.26 Å². The highest BCUT2D eigenvalue weighted by Crippen LogP contribution is 2.48. The van der Waals surface area contributed by atoms with E-state index >= 15 is 0 Å². The van der Waals surface area contributed by atoms with Crippen LogP contribution in [0.1, 0.15) is 38.7 Å². The maximum Gasteiger partial charge on any atom is 0.222 e. The predicted octanol–water partition coefficient (Wildman–Crippen LogP) is 4.08. The number of carbonyl (C=O) groups excluding carboxylic acids is 2. The lowest BCUT2D eigenvalue weighted by atomic mass is 9.64. The molecule has 3 rings (SSSR count). The number of allylic oxidation sites excluding steroid dienone is 1. The molecule has 2 aliphatic rings. The summed E-state index contributed by atoms with van der Waals surface area (Å²) in [7, 11) is 0. The molecule has 27 heavy (non-hydrogen) atoms. The lowest BCUT2D eigenvalue weighted by molar-refractivity contribution is -0.130. The van der Waals surface area contributed by atoms with Gasteiger partial charge >= 0.3 is 0 Å². The van der Waals surface area contributed by atoms with Crippen LogP contribution in [0.3, 0.4) is 0 Å². The van der Waals surface area contributed by atoms with Crippen molar-refractivity contribution in [2.75, 3.05) is 13.1 Å². The van der Waals surface area contributed by atoms with E-state index in [1.807, 2.05) is 19.9 Å². The van der Waals surface area contributed by atoms with E-state index in [1.54, 1.807) is 23.1 Å². The van der Waals surface area contributed by atoms with Crippen LogP contribution in [0, 0.1) is 28.0 Å². The summed E-state index contributed by atoms with van der Waals surface area (Å²) in [6.07, 6.45) is 3.53. The number of hydrogen-bond donors (Lipinski definition) is 0. The number of carbonyl (C=O) groups is 2. The van der Waals surface area contributed by atoms with Crippen LogP contribution in [0.5, 0.6) is 0 Å². The number of ketones is 1. The highest BCUT2D eigenvalue weighted by molar-refractivity contribution is 6.31. The fraction of sp³-hybridized carbons (Fsp3) is 0.476. The summed E-state index contributed by atoms with van der Waals surface area (Å²) < 4.78 is 13.9. The first-order chi connectivity index (χ1) is 12.7. The Morgan fingerprint density at radius 3 is 2.81 bits per heavy atom. The first kappa shape index (κ1) is 19.6. The number of amides is 1. The van der Waals surface area contributed by atoms with Crippen LogP contribution >= 0.6 is 11.6 Å². The number of hydrogen-bond acceptors (Lipinski definition) is 3. The van der Waals surface area contributed by atoms with Crippen molar-refractivity contribution in [2.45, 2.75) is 39.5 Å². The van der Waals surface area contributed by atoms with Crippen molar-refractivity contribution in [3.63, 3.8) is 0 Å². The van der Waals surface area contributed by atoms with E-state index in [1.165, 1.54) is 6.07 Å². The molecule has 1 spiro atoms. The average Bonchev–Trinajstić information content (AvgIpc) is 3.00. The standard InChI is InChI=1S/C21H22ClFN2O2/c1-20(2)12-21(10-14(11-24)19(20)27)8-9-25(13-21)18(26)7-6-15-16(22)4-3-5-17(15)23/h3-5,10H,6-9,12-13H2,1-2H3/t21-/m0/s1. The summed E-state index contributed by atoms with van der Waals surface area (Å²) in [6, 6.07) is 6.51. The normalized spacial score (nSPS) is 24.0. The molecule has 1 aromatic carbocycles. The molecule has 1 aliphatic carbocycles. The molecule has 0 radical (unpaired) electrons. The molecule has 0 unspecified atom stereocenters. The molecule has 1 heterocycles. The Hall–Kier alpha value is -2.19. The zero-order valence-corrected chi connectivity index (χ0v) is 16.3. The third kappa shape index (κ3) is 3.77. The summed E-state index contributed by atoms with van der Waals surface area (Å²) in [5, 5.41) is 9.64. The molecule has 1 atom stereocenters. The minimum Gasteiger partial charge on any atom is -0.342 e. The Labute approximate surface area is 163 Å². The van der Waals surface area contributed by atoms with E-state index in [0.29, 0.717) is 30.1 Å². The summed E-state index contributed by atoms with van der Waals surface area (Å²) in [6.45, 7) is 4.76. The zero-order chi connectivity index (χ0) is 19.8. The van der Waals surface area contributed by atoms with Gasteiger partial charge in [0.1, 0.15) is 11.9 Å². The third-order valence-electron chi connectivity index (χ3n) is 5.61. The molecule has 1 amide bonds. The molecule has 1 aliphatic heterocycles. The highest BCUT2D eigenvalue weighted by atomic mass is 35.5. The molecule has 0 N–H and O–H groups in total. The van der Waals surface area contributed by atoms with Gasteiger partial charge in [0.05, 0.1) is 5.57 Å². The minimum atomic E-state index is -0.612. The Kier molecular flexibility index (Phi) is 5.14. The van der Waals surface area contributed by atoms with Gasteiger partial charge < -0.3 is 4.90 Å². The second kappa shape index (κ2) is 7.09. The average molecular weight is 389 g/mol. The van der Waals surface area contributed by atoms with Crippen LogP contribution in [-0.2, 0) is 16.0 Å². The maximum absolute atomic E-state index is 13.9. The van der Waals surface area contributed by atoms with E-state index in [9.17, 15) is 19.2 Å². The largest absolute Gasteiger partial charge is 0.342 e. The lowest BCUT2D eigenvalue weighted by Crippen LogP contribution is -2.40. The summed E-state index contributed by atoms with van der Waals surface area (Å²) >= 11 is 6.03. The monoisotopic (exact) mass is 388 g/mol. The van der Waals surface area contributed by atoms with Crippen molar-refractivity contribution < 1.29 is 14.0 Å². The van der Waals surface area contributed by atoms with Gasteiger partial charge in [-0.25, -0.2) is 4.39 Å². The van der Waals surface area contributed by atoms with Gasteiger partial charge in [0.15, 0.2) is 5.78 Å². The molecule has 0 saturated carbocycles. The number of benzene rings is 1. The first-order valence-electron chi connectivity index (χ1n) is 9.06. The minimum absolute atomic E-state index is 0.0622. The van der Waals surface area contributed by atoms with Gasteiger partial charge in [0.25, 0.3) is 0 Å². The molecule has 1 saturated heterocycles. The van der Waals surface area contributed by atoms with Crippen molar-refractivity contribution in [1.29, 1.82) is 5.26 Å². The topological polar surface area (TPSA) is 61.2 Å². The van der Waals surface area contributed by atoms with E-state index in [2.05, 4.69) is 0 Å². The molecule has 0 aromatic heterocycles. The Bertz CT molecular complexity index is 851. The van der Waals surface area contributed by atoms with Crippen molar-refractivity contribution in [2.24, 2.45) is 10.8 Å². The summed E-state index contributed by atoms with van der Waals surface area (Å²) in [4.78, 5) is 26.7.